The molecule has 25 heavy (non-hydrogen) atoms. The molecule has 4 nitrogen and oxygen atoms in total. The number of esters is 1. The highest BCUT2D eigenvalue weighted by molar-refractivity contribution is 6.08. The van der Waals surface area contributed by atoms with E-state index in [1.807, 2.05) is 24.5 Å². The lowest BCUT2D eigenvalue weighted by Crippen LogP contribution is -1.98. The van der Waals surface area contributed by atoms with Crippen molar-refractivity contribution in [1.29, 1.82) is 0 Å². The molecule has 0 fully saturated rings. The summed E-state index contributed by atoms with van der Waals surface area (Å²) in [6.45, 7) is 1.72. The molecule has 0 saturated heterocycles. The number of aryl methyl sites for hydroxylation is 1. The third-order valence-electron chi connectivity index (χ3n) is 4.51. The minimum atomic E-state index is -0.267. The van der Waals surface area contributed by atoms with Crippen LogP contribution in [0.25, 0.3) is 32.9 Å². The highest BCUT2D eigenvalue weighted by Crippen LogP contribution is 2.31. The molecule has 4 aromatic rings. The number of ether oxygens (including phenoxy) is 1. The fourth-order valence-corrected chi connectivity index (χ4v) is 3.26. The summed E-state index contributed by atoms with van der Waals surface area (Å²) in [5.74, 6) is -0.267. The molecule has 0 amide bonds. The number of pyridine rings is 1. The Bertz CT molecular complexity index is 1100. The van der Waals surface area contributed by atoms with Gasteiger partial charge in [-0.3, -0.25) is 9.78 Å². The Labute approximate surface area is 145 Å². The van der Waals surface area contributed by atoms with E-state index in [9.17, 15) is 4.79 Å². The van der Waals surface area contributed by atoms with Crippen molar-refractivity contribution in [2.24, 2.45) is 7.05 Å². The maximum absolute atomic E-state index is 11.0. The van der Waals surface area contributed by atoms with Crippen molar-refractivity contribution in [3.05, 3.63) is 66.5 Å². The van der Waals surface area contributed by atoms with Crippen LogP contribution in [0.3, 0.4) is 0 Å². The second-order valence-corrected chi connectivity index (χ2v) is 6.16. The average molecular weight is 330 g/mol. The van der Waals surface area contributed by atoms with Gasteiger partial charge in [-0.05, 0) is 41.0 Å². The van der Waals surface area contributed by atoms with Crippen molar-refractivity contribution in [2.45, 2.75) is 13.5 Å². The molecular weight excluding hydrogens is 312 g/mol. The fourth-order valence-electron chi connectivity index (χ4n) is 3.26. The Kier molecular flexibility index (Phi) is 3.73. The highest BCUT2D eigenvalue weighted by Gasteiger charge is 2.09. The summed E-state index contributed by atoms with van der Waals surface area (Å²) in [5.41, 5.74) is 5.54. The second kappa shape index (κ2) is 6.06. The van der Waals surface area contributed by atoms with Crippen molar-refractivity contribution in [3.63, 3.8) is 0 Å². The van der Waals surface area contributed by atoms with Crippen molar-refractivity contribution in [2.75, 3.05) is 0 Å². The van der Waals surface area contributed by atoms with Crippen molar-refractivity contribution in [3.8, 4) is 11.1 Å². The minimum absolute atomic E-state index is 0.267. The Morgan fingerprint density at radius 1 is 1.04 bits per heavy atom. The number of benzene rings is 2. The molecule has 2 heterocycles. The van der Waals surface area contributed by atoms with Crippen LogP contribution >= 0.6 is 0 Å². The van der Waals surface area contributed by atoms with Crippen LogP contribution < -0.4 is 0 Å². The molecule has 0 aliphatic rings. The second-order valence-electron chi connectivity index (χ2n) is 6.16. The monoisotopic (exact) mass is 330 g/mol. The van der Waals surface area contributed by atoms with Gasteiger partial charge in [-0.2, -0.15) is 0 Å². The van der Waals surface area contributed by atoms with Gasteiger partial charge in [-0.25, -0.2) is 0 Å². The topological polar surface area (TPSA) is 44.1 Å². The lowest BCUT2D eigenvalue weighted by Gasteiger charge is -2.07. The van der Waals surface area contributed by atoms with E-state index in [4.69, 9.17) is 4.74 Å². The third kappa shape index (κ3) is 2.76. The Balaban J connectivity index is 1.81. The van der Waals surface area contributed by atoms with Gasteiger partial charge in [0.1, 0.15) is 6.61 Å². The van der Waals surface area contributed by atoms with Crippen LogP contribution in [0.5, 0.6) is 0 Å². The lowest BCUT2D eigenvalue weighted by molar-refractivity contribution is -0.142. The summed E-state index contributed by atoms with van der Waals surface area (Å²) in [7, 11) is 2.06. The van der Waals surface area contributed by atoms with Gasteiger partial charge in [0.05, 0.1) is 11.7 Å². The first-order chi connectivity index (χ1) is 12.1. The lowest BCUT2D eigenvalue weighted by atomic mass is 10.0. The number of fused-ring (bicyclic) bond motifs is 3. The molecule has 2 aromatic heterocycles. The number of hydrogen-bond donors (Lipinski definition) is 0. The number of carbonyl (C=O) groups is 1. The largest absolute Gasteiger partial charge is 0.461 e. The first kappa shape index (κ1) is 15.4. The first-order valence-electron chi connectivity index (χ1n) is 8.18. The molecule has 0 unspecified atom stereocenters. The van der Waals surface area contributed by atoms with E-state index in [-0.39, 0.29) is 5.97 Å². The standard InChI is InChI=1S/C21H18N2O2/c1-14(24)25-13-15-4-3-5-16(10-15)17-6-7-20-19(11-17)18-8-9-22-12-21(18)23(20)2/h3-12H,13H2,1-2H3. The molecule has 124 valence electrons. The molecule has 0 spiro atoms. The molecule has 0 saturated carbocycles. The number of aromatic nitrogens is 2. The number of hydrogen-bond acceptors (Lipinski definition) is 3. The minimum Gasteiger partial charge on any atom is -0.461 e. The smallest absolute Gasteiger partial charge is 0.302 e. The average Bonchev–Trinajstić information content (AvgIpc) is 2.93. The van der Waals surface area contributed by atoms with E-state index in [2.05, 4.69) is 53.0 Å². The van der Waals surface area contributed by atoms with E-state index in [0.717, 1.165) is 22.2 Å². The molecule has 0 aliphatic carbocycles. The maximum atomic E-state index is 11.0. The van der Waals surface area contributed by atoms with Crippen molar-refractivity contribution < 1.29 is 9.53 Å². The Morgan fingerprint density at radius 2 is 1.88 bits per heavy atom. The van der Waals surface area contributed by atoms with Gasteiger partial charge in [0.25, 0.3) is 0 Å². The first-order valence-corrected chi connectivity index (χ1v) is 8.18. The number of rotatable bonds is 3. The predicted molar refractivity (Wildman–Crippen MR) is 99.1 cm³/mol. The summed E-state index contributed by atoms with van der Waals surface area (Å²) in [6, 6.07) is 16.6. The molecule has 0 aliphatic heterocycles. The van der Waals surface area contributed by atoms with Crippen LogP contribution in [0.2, 0.25) is 0 Å². The van der Waals surface area contributed by atoms with Crippen molar-refractivity contribution >= 4 is 27.8 Å². The van der Waals surface area contributed by atoms with Gasteiger partial charge in [-0.15, -0.1) is 0 Å². The summed E-state index contributed by atoms with van der Waals surface area (Å²) in [6.07, 6.45) is 3.73. The van der Waals surface area contributed by atoms with Gasteiger partial charge in [0.2, 0.25) is 0 Å². The van der Waals surface area contributed by atoms with Gasteiger partial charge in [0, 0.05) is 36.5 Å². The molecule has 0 bridgehead atoms. The van der Waals surface area contributed by atoms with Crippen molar-refractivity contribution in [1.82, 2.24) is 9.55 Å². The summed E-state index contributed by atoms with van der Waals surface area (Å²) < 4.78 is 7.27. The summed E-state index contributed by atoms with van der Waals surface area (Å²) in [4.78, 5) is 15.2. The van der Waals surface area contributed by atoms with Crippen LogP contribution in [0.4, 0.5) is 0 Å². The summed E-state index contributed by atoms with van der Waals surface area (Å²) in [5, 5.41) is 2.41. The van der Waals surface area contributed by atoms with E-state index in [1.54, 1.807) is 0 Å². The zero-order valence-corrected chi connectivity index (χ0v) is 14.2. The fraction of sp³-hybridized carbons (Fsp3) is 0.143. The maximum Gasteiger partial charge on any atom is 0.302 e. The molecule has 0 N–H and O–H groups in total. The molecule has 0 atom stereocenters. The number of carbonyl (C=O) groups excluding carboxylic acids is 1. The normalized spacial score (nSPS) is 11.1. The van der Waals surface area contributed by atoms with Crippen LogP contribution in [0, 0.1) is 0 Å². The highest BCUT2D eigenvalue weighted by atomic mass is 16.5. The molecule has 2 aromatic carbocycles. The van der Waals surface area contributed by atoms with E-state index in [1.165, 1.54) is 23.2 Å². The van der Waals surface area contributed by atoms with E-state index < -0.39 is 0 Å². The third-order valence-corrected chi connectivity index (χ3v) is 4.51. The van der Waals surface area contributed by atoms with Crippen LogP contribution in [-0.2, 0) is 23.2 Å². The molecule has 4 heteroatoms. The molecule has 4 rings (SSSR count). The van der Waals surface area contributed by atoms with Gasteiger partial charge in [-0.1, -0.05) is 24.3 Å². The molecule has 0 radical (unpaired) electrons. The quantitative estimate of drug-likeness (QED) is 0.521. The zero-order chi connectivity index (χ0) is 17.4. The van der Waals surface area contributed by atoms with Gasteiger partial charge >= 0.3 is 5.97 Å². The van der Waals surface area contributed by atoms with Crippen LogP contribution in [-0.4, -0.2) is 15.5 Å². The Hall–Kier alpha value is -3.14. The Morgan fingerprint density at radius 3 is 2.72 bits per heavy atom. The van der Waals surface area contributed by atoms with E-state index >= 15 is 0 Å². The van der Waals surface area contributed by atoms with E-state index in [0.29, 0.717) is 6.61 Å². The van der Waals surface area contributed by atoms with Crippen LogP contribution in [0.15, 0.2) is 60.9 Å². The van der Waals surface area contributed by atoms with Crippen LogP contribution in [0.1, 0.15) is 12.5 Å². The van der Waals surface area contributed by atoms with Gasteiger partial charge < -0.3 is 9.30 Å². The molecular formula is C21H18N2O2. The predicted octanol–water partition coefficient (Wildman–Crippen LogP) is 4.46. The zero-order valence-electron chi connectivity index (χ0n) is 14.2. The SMILES string of the molecule is CC(=O)OCc1cccc(-c2ccc3c(c2)c2ccncc2n3C)c1. The summed E-state index contributed by atoms with van der Waals surface area (Å²) >= 11 is 0. The number of nitrogens with zero attached hydrogens (tertiary/aromatic N) is 2. The van der Waals surface area contributed by atoms with Gasteiger partial charge in [0.15, 0.2) is 0 Å².